The summed E-state index contributed by atoms with van der Waals surface area (Å²) in [7, 11) is 1.96. The van der Waals surface area contributed by atoms with E-state index in [-0.39, 0.29) is 7.34 Å². The summed E-state index contributed by atoms with van der Waals surface area (Å²) in [5.41, 5.74) is 0. The third kappa shape index (κ3) is 8.01. The average molecular weight is 371 g/mol. The molecule has 2 heterocycles. The van der Waals surface area contributed by atoms with Gasteiger partial charge in [0.05, 0.1) is 19.8 Å². The van der Waals surface area contributed by atoms with Gasteiger partial charge in [0.1, 0.15) is 5.78 Å². The van der Waals surface area contributed by atoms with Gasteiger partial charge in [-0.2, -0.15) is 0 Å². The Bertz CT molecular complexity index is 395. The zero-order valence-corrected chi connectivity index (χ0v) is 17.2. The van der Waals surface area contributed by atoms with Gasteiger partial charge >= 0.3 is 0 Å². The molecule has 0 aromatic rings. The topological polar surface area (TPSA) is 48.1 Å². The second-order valence-corrected chi connectivity index (χ2v) is 8.20. The molecule has 0 atom stereocenters. The van der Waals surface area contributed by atoms with Gasteiger partial charge in [0.15, 0.2) is 0 Å². The zero-order chi connectivity index (χ0) is 18.8. The first-order valence-electron chi connectivity index (χ1n) is 10.5. The number of carbonyl (C=O) groups excluding carboxylic acids is 1. The molecular weight excluding hydrogens is 328 g/mol. The molecule has 2 fully saturated rings. The van der Waals surface area contributed by atoms with Gasteiger partial charge in [-0.3, -0.25) is 14.6 Å². The number of rotatable bonds is 11. The highest BCUT2D eigenvalue weighted by Crippen LogP contribution is 2.19. The van der Waals surface area contributed by atoms with E-state index in [2.05, 4.69) is 20.0 Å². The molecule has 0 spiro atoms. The van der Waals surface area contributed by atoms with Crippen LogP contribution in [0.1, 0.15) is 28.1 Å². The minimum Gasteiger partial charge on any atom is -0.379 e. The van der Waals surface area contributed by atoms with Crippen LogP contribution in [0.15, 0.2) is 0 Å². The Balaban J connectivity index is 0.00000364. The fourth-order valence-corrected chi connectivity index (χ4v) is 3.76. The normalized spacial score (nSPS) is 21.5. The molecule has 0 aromatic carbocycles. The number of likely N-dealkylation sites (tertiary alicyclic amines) is 1. The molecule has 6 heteroatoms. The molecule has 2 aliphatic heterocycles. The van der Waals surface area contributed by atoms with Crippen LogP contribution in [0.4, 0.5) is 0 Å². The summed E-state index contributed by atoms with van der Waals surface area (Å²) in [6.07, 6.45) is 2.48. The molecule has 6 nitrogen and oxygen atoms in total. The van der Waals surface area contributed by atoms with E-state index in [0.29, 0.717) is 12.3 Å². The Morgan fingerprint density at radius 3 is 2.31 bits per heavy atom. The molecule has 2 aliphatic rings. The highest BCUT2D eigenvalue weighted by atomic mass is 16.5. The summed E-state index contributed by atoms with van der Waals surface area (Å²) < 4.78 is 5.63. The Morgan fingerprint density at radius 1 is 1.04 bits per heavy atom. The number of Topliss-reactive ketones (excluding diaryl/α,β-unsaturated/α-hetero) is 1. The van der Waals surface area contributed by atoms with Gasteiger partial charge in [-0.25, -0.2) is 0 Å². The zero-order valence-electron chi connectivity index (χ0n) is 17.2. The van der Waals surface area contributed by atoms with E-state index in [1.54, 1.807) is 0 Å². The molecule has 0 unspecified atom stereocenters. The van der Waals surface area contributed by atoms with Crippen molar-refractivity contribution in [2.45, 2.75) is 26.7 Å². The van der Waals surface area contributed by atoms with Crippen molar-refractivity contribution in [1.82, 2.24) is 20.0 Å². The highest BCUT2D eigenvalue weighted by molar-refractivity contribution is 5.82. The maximum absolute atomic E-state index is 11.9. The first-order valence-corrected chi connectivity index (χ1v) is 10.5. The molecule has 2 rings (SSSR count). The second-order valence-electron chi connectivity index (χ2n) is 8.20. The van der Waals surface area contributed by atoms with Crippen LogP contribution < -0.4 is 5.32 Å². The summed E-state index contributed by atoms with van der Waals surface area (Å²) in [4.78, 5) is 19.4. The van der Waals surface area contributed by atoms with Gasteiger partial charge in [0, 0.05) is 53.2 Å². The molecule has 0 aliphatic carbocycles. The van der Waals surface area contributed by atoms with Crippen LogP contribution in [0, 0.1) is 11.8 Å². The lowest BCUT2D eigenvalue weighted by atomic mass is 9.95. The number of ether oxygens (including phenoxy) is 1. The number of hydrogen-bond acceptors (Lipinski definition) is 6. The smallest absolute Gasteiger partial charge is 0.149 e. The van der Waals surface area contributed by atoms with E-state index < -0.39 is 0 Å². The van der Waals surface area contributed by atoms with Crippen LogP contribution in [0.25, 0.3) is 0 Å². The SMILES string of the molecule is CNCCOCCN1CCN(CC2CCN(CC(=O)C(C)C)CC2)CC1.[HH]. The van der Waals surface area contributed by atoms with Gasteiger partial charge < -0.3 is 15.0 Å². The summed E-state index contributed by atoms with van der Waals surface area (Å²) in [5, 5.41) is 3.10. The third-order valence-electron chi connectivity index (χ3n) is 5.76. The molecule has 0 saturated carbocycles. The number of hydrogen-bond donors (Lipinski definition) is 1. The lowest BCUT2D eigenvalue weighted by Crippen LogP contribution is -2.49. The van der Waals surface area contributed by atoms with E-state index in [1.807, 2.05) is 20.9 Å². The molecule has 0 radical (unpaired) electrons. The van der Waals surface area contributed by atoms with Crippen LogP contribution >= 0.6 is 0 Å². The van der Waals surface area contributed by atoms with Crippen molar-refractivity contribution in [3.63, 3.8) is 0 Å². The first-order chi connectivity index (χ1) is 12.6. The fourth-order valence-electron chi connectivity index (χ4n) is 3.76. The van der Waals surface area contributed by atoms with Crippen molar-refractivity contribution >= 4 is 5.78 Å². The van der Waals surface area contributed by atoms with Crippen molar-refractivity contribution < 1.29 is 11.0 Å². The van der Waals surface area contributed by atoms with Crippen molar-refractivity contribution in [2.24, 2.45) is 11.8 Å². The summed E-state index contributed by atoms with van der Waals surface area (Å²) in [6, 6.07) is 0. The lowest BCUT2D eigenvalue weighted by Gasteiger charge is -2.38. The Hall–Kier alpha value is -0.530. The summed E-state index contributed by atoms with van der Waals surface area (Å²) in [5.74, 6) is 1.35. The van der Waals surface area contributed by atoms with Gasteiger partial charge in [0.25, 0.3) is 0 Å². The monoisotopic (exact) mass is 370 g/mol. The van der Waals surface area contributed by atoms with Crippen molar-refractivity contribution in [3.8, 4) is 0 Å². The van der Waals surface area contributed by atoms with Crippen LogP contribution in [0.3, 0.4) is 0 Å². The number of nitrogens with zero attached hydrogens (tertiary/aromatic N) is 3. The number of piperidine rings is 1. The van der Waals surface area contributed by atoms with Crippen LogP contribution in [0.5, 0.6) is 0 Å². The minimum absolute atomic E-state index is 0. The third-order valence-corrected chi connectivity index (χ3v) is 5.76. The van der Waals surface area contributed by atoms with E-state index >= 15 is 0 Å². The molecule has 154 valence electrons. The second kappa shape index (κ2) is 12.0. The fraction of sp³-hybridized carbons (Fsp3) is 0.950. The first kappa shape index (κ1) is 21.8. The molecule has 1 N–H and O–H groups in total. The van der Waals surface area contributed by atoms with Crippen LogP contribution in [-0.2, 0) is 9.53 Å². The van der Waals surface area contributed by atoms with E-state index in [9.17, 15) is 4.79 Å². The van der Waals surface area contributed by atoms with Crippen molar-refractivity contribution in [3.05, 3.63) is 0 Å². The Kier molecular flexibility index (Phi) is 10.1. The van der Waals surface area contributed by atoms with E-state index in [0.717, 1.165) is 58.4 Å². The molecule has 2 saturated heterocycles. The highest BCUT2D eigenvalue weighted by Gasteiger charge is 2.25. The van der Waals surface area contributed by atoms with Gasteiger partial charge in [-0.1, -0.05) is 13.8 Å². The standard InChI is InChI=1S/C20H40N4O2.H2/c1-18(2)20(25)17-23-7-4-19(5-8-23)16-24-11-9-22(10-12-24)13-15-26-14-6-21-3;/h18-19,21H,4-17H2,1-3H3;1H. The maximum atomic E-state index is 11.9. The quantitative estimate of drug-likeness (QED) is 0.548. The number of carbonyl (C=O) groups is 1. The molecule has 0 amide bonds. The number of likely N-dealkylation sites (N-methyl/N-ethyl adjacent to an activating group) is 1. The largest absolute Gasteiger partial charge is 0.379 e. The number of ketones is 1. The predicted molar refractivity (Wildman–Crippen MR) is 109 cm³/mol. The molecular formula is C20H42N4O2. The summed E-state index contributed by atoms with van der Waals surface area (Å²) >= 11 is 0. The van der Waals surface area contributed by atoms with Gasteiger partial charge in [-0.05, 0) is 38.9 Å². The van der Waals surface area contributed by atoms with Gasteiger partial charge in [0.2, 0.25) is 0 Å². The molecule has 0 aromatic heterocycles. The number of nitrogens with one attached hydrogen (secondary N) is 1. The van der Waals surface area contributed by atoms with E-state index in [4.69, 9.17) is 4.74 Å². The number of piperazine rings is 1. The van der Waals surface area contributed by atoms with Crippen LogP contribution in [-0.4, -0.2) is 106 Å². The lowest BCUT2D eigenvalue weighted by molar-refractivity contribution is -0.123. The predicted octanol–water partition coefficient (Wildman–Crippen LogP) is 1.02. The van der Waals surface area contributed by atoms with Crippen molar-refractivity contribution in [1.29, 1.82) is 0 Å². The van der Waals surface area contributed by atoms with Crippen molar-refractivity contribution in [2.75, 3.05) is 85.7 Å². The molecule has 26 heavy (non-hydrogen) atoms. The Morgan fingerprint density at radius 2 is 1.69 bits per heavy atom. The minimum atomic E-state index is 0. The Labute approximate surface area is 161 Å². The van der Waals surface area contributed by atoms with Crippen LogP contribution in [0.2, 0.25) is 0 Å². The molecule has 0 bridgehead atoms. The summed E-state index contributed by atoms with van der Waals surface area (Å²) in [6.45, 7) is 16.4. The van der Waals surface area contributed by atoms with E-state index in [1.165, 1.54) is 32.5 Å². The average Bonchev–Trinajstić information content (AvgIpc) is 2.64. The maximum Gasteiger partial charge on any atom is 0.149 e. The van der Waals surface area contributed by atoms with Gasteiger partial charge in [-0.15, -0.1) is 0 Å².